The molecular weight excluding hydrogens is 295 g/mol. The maximum absolute atomic E-state index is 13.6. The first-order chi connectivity index (χ1) is 10.1. The highest BCUT2D eigenvalue weighted by Gasteiger charge is 2.11. The predicted molar refractivity (Wildman–Crippen MR) is 80.1 cm³/mol. The second kappa shape index (κ2) is 8.33. The van der Waals surface area contributed by atoms with E-state index >= 15 is 0 Å². The molecule has 21 heavy (non-hydrogen) atoms. The first kappa shape index (κ1) is 17.1. The Hall–Kier alpha value is -1.99. The average Bonchev–Trinajstić information content (AvgIpc) is 2.49. The minimum Gasteiger partial charge on any atom is -0.435 e. The summed E-state index contributed by atoms with van der Waals surface area (Å²) in [5.74, 6) is -0.490. The van der Waals surface area contributed by atoms with E-state index in [0.29, 0.717) is 11.3 Å². The molecule has 0 saturated carbocycles. The number of anilines is 1. The number of nitrogens with one attached hydrogen (secondary N) is 1. The van der Waals surface area contributed by atoms with Crippen LogP contribution in [0.4, 0.5) is 10.1 Å². The molecule has 2 radical (unpaired) electrons. The second-order valence-electron chi connectivity index (χ2n) is 3.82. The summed E-state index contributed by atoms with van der Waals surface area (Å²) in [6, 6.07) is 5.49. The van der Waals surface area contributed by atoms with Crippen molar-refractivity contribution < 1.29 is 13.9 Å². The highest BCUT2D eigenvalue weighted by molar-refractivity contribution is 6.30. The Morgan fingerprint density at radius 2 is 2.00 bits per heavy atom. The number of benzene rings is 1. The number of carbonyl (C=O) groups excluding carboxylic acids is 1. The van der Waals surface area contributed by atoms with Crippen LogP contribution < -0.4 is 5.23 Å². The summed E-state index contributed by atoms with van der Waals surface area (Å²) in [6.45, 7) is 0. The molecular formula is C13H12BClFN3O2. The van der Waals surface area contributed by atoms with Gasteiger partial charge in [0.2, 0.25) is 7.98 Å². The zero-order valence-corrected chi connectivity index (χ0v) is 12.2. The molecule has 1 aromatic carbocycles. The molecule has 1 aromatic heterocycles. The van der Waals surface area contributed by atoms with E-state index in [2.05, 4.69) is 20.2 Å². The molecule has 8 heteroatoms. The van der Waals surface area contributed by atoms with Crippen LogP contribution in [0.2, 0.25) is 5.02 Å². The van der Waals surface area contributed by atoms with Crippen LogP contribution in [0.1, 0.15) is 10.5 Å². The van der Waals surface area contributed by atoms with Crippen LogP contribution in [-0.4, -0.2) is 38.7 Å². The highest BCUT2D eigenvalue weighted by atomic mass is 35.5. The molecule has 0 amide bonds. The minimum atomic E-state index is -0.490. The van der Waals surface area contributed by atoms with E-state index in [1.807, 2.05) is 0 Å². The van der Waals surface area contributed by atoms with E-state index in [9.17, 15) is 9.18 Å². The molecule has 1 heterocycles. The standard InChI is InChI=1S/C11H6BClFN3O.C2H6O/c12-15-10-4-9(16-17-11(10)5-18)7-3-6(13)1-2-8(7)14;1-3-2/h1-5H,(H,15,16);1-2H3. The number of aldehydes is 1. The molecule has 2 rings (SSSR count). The fourth-order valence-corrected chi connectivity index (χ4v) is 1.60. The van der Waals surface area contributed by atoms with Crippen LogP contribution in [0.3, 0.4) is 0 Å². The van der Waals surface area contributed by atoms with Crippen LogP contribution in [0.5, 0.6) is 0 Å². The maximum atomic E-state index is 13.6. The third-order valence-electron chi connectivity index (χ3n) is 2.29. The van der Waals surface area contributed by atoms with Crippen LogP contribution in [0, 0.1) is 5.82 Å². The smallest absolute Gasteiger partial charge is 0.222 e. The number of aromatic nitrogens is 2. The van der Waals surface area contributed by atoms with Crippen molar-refractivity contribution in [3.63, 3.8) is 0 Å². The van der Waals surface area contributed by atoms with E-state index in [4.69, 9.17) is 19.6 Å². The number of ether oxygens (including phenoxy) is 1. The maximum Gasteiger partial charge on any atom is 0.222 e. The van der Waals surface area contributed by atoms with Gasteiger partial charge >= 0.3 is 0 Å². The van der Waals surface area contributed by atoms with Crippen LogP contribution in [0.15, 0.2) is 24.3 Å². The quantitative estimate of drug-likeness (QED) is 0.697. The van der Waals surface area contributed by atoms with Crippen molar-refractivity contribution in [2.45, 2.75) is 0 Å². The van der Waals surface area contributed by atoms with E-state index in [1.54, 1.807) is 14.2 Å². The van der Waals surface area contributed by atoms with Gasteiger partial charge in [0.1, 0.15) is 11.5 Å². The number of nitrogens with zero attached hydrogens (tertiary/aromatic N) is 2. The van der Waals surface area contributed by atoms with Gasteiger partial charge in [-0.05, 0) is 24.3 Å². The first-order valence-electron chi connectivity index (χ1n) is 5.72. The van der Waals surface area contributed by atoms with Crippen molar-refractivity contribution in [1.82, 2.24) is 10.2 Å². The molecule has 0 fully saturated rings. The van der Waals surface area contributed by atoms with Crippen molar-refractivity contribution in [3.8, 4) is 11.3 Å². The molecule has 0 atom stereocenters. The zero-order valence-electron chi connectivity index (χ0n) is 11.4. The number of halogens is 2. The molecule has 0 aliphatic carbocycles. The molecule has 0 spiro atoms. The molecule has 0 unspecified atom stereocenters. The van der Waals surface area contributed by atoms with Crippen molar-refractivity contribution in [2.75, 3.05) is 19.4 Å². The van der Waals surface area contributed by atoms with Crippen LogP contribution in [0.25, 0.3) is 11.3 Å². The summed E-state index contributed by atoms with van der Waals surface area (Å²) in [7, 11) is 8.49. The zero-order chi connectivity index (χ0) is 15.8. The predicted octanol–water partition coefficient (Wildman–Crippen LogP) is 2.51. The Morgan fingerprint density at radius 3 is 2.57 bits per heavy atom. The topological polar surface area (TPSA) is 64.1 Å². The van der Waals surface area contributed by atoms with Gasteiger partial charge in [0, 0.05) is 24.8 Å². The van der Waals surface area contributed by atoms with Crippen LogP contribution >= 0.6 is 11.6 Å². The van der Waals surface area contributed by atoms with Crippen molar-refractivity contribution in [2.24, 2.45) is 0 Å². The number of rotatable bonds is 3. The van der Waals surface area contributed by atoms with Crippen LogP contribution in [-0.2, 0) is 4.74 Å². The lowest BCUT2D eigenvalue weighted by Crippen LogP contribution is -2.02. The Bertz CT molecular complexity index is 628. The molecule has 2 aromatic rings. The fourth-order valence-electron chi connectivity index (χ4n) is 1.43. The number of methoxy groups -OCH3 is 1. The van der Waals surface area contributed by atoms with Gasteiger partial charge in [-0.2, -0.15) is 0 Å². The summed E-state index contributed by atoms with van der Waals surface area (Å²) < 4.78 is 17.9. The van der Waals surface area contributed by atoms with Gasteiger partial charge in [0.05, 0.1) is 11.4 Å². The summed E-state index contributed by atoms with van der Waals surface area (Å²) in [6.07, 6.45) is 0.500. The third-order valence-corrected chi connectivity index (χ3v) is 2.53. The average molecular weight is 308 g/mol. The summed E-state index contributed by atoms with van der Waals surface area (Å²) >= 11 is 5.79. The molecule has 0 bridgehead atoms. The molecule has 0 aliphatic rings. The Morgan fingerprint density at radius 1 is 1.33 bits per heavy atom. The lowest BCUT2D eigenvalue weighted by atomic mass is 10.1. The SMILES string of the molecule is COC.[B]Nc1cc(-c2cc(Cl)ccc2F)nnc1C=O. The number of carbonyl (C=O) groups is 1. The molecule has 108 valence electrons. The normalized spacial score (nSPS) is 9.52. The molecule has 0 aliphatic heterocycles. The lowest BCUT2D eigenvalue weighted by molar-refractivity contribution is 0.111. The second-order valence-corrected chi connectivity index (χ2v) is 4.26. The van der Waals surface area contributed by atoms with Gasteiger partial charge in [0.25, 0.3) is 0 Å². The van der Waals surface area contributed by atoms with Crippen molar-refractivity contribution >= 4 is 31.6 Å². The molecule has 0 saturated heterocycles. The van der Waals surface area contributed by atoms with E-state index < -0.39 is 5.82 Å². The van der Waals surface area contributed by atoms with Gasteiger partial charge < -0.3 is 9.96 Å². The Labute approximate surface area is 127 Å². The van der Waals surface area contributed by atoms with Crippen molar-refractivity contribution in [1.29, 1.82) is 0 Å². The van der Waals surface area contributed by atoms with E-state index in [1.165, 1.54) is 24.3 Å². The highest BCUT2D eigenvalue weighted by Crippen LogP contribution is 2.26. The third kappa shape index (κ3) is 4.51. The van der Waals surface area contributed by atoms with Gasteiger partial charge in [-0.25, -0.2) is 4.39 Å². The molecule has 1 N–H and O–H groups in total. The summed E-state index contributed by atoms with van der Waals surface area (Å²) in [5, 5.41) is 10.1. The van der Waals surface area contributed by atoms with Gasteiger partial charge in [-0.15, -0.1) is 10.2 Å². The lowest BCUT2D eigenvalue weighted by Gasteiger charge is -2.07. The first-order valence-corrected chi connectivity index (χ1v) is 6.10. The monoisotopic (exact) mass is 307 g/mol. The molecule has 5 nitrogen and oxygen atoms in total. The number of hydrogen-bond donors (Lipinski definition) is 1. The van der Waals surface area contributed by atoms with E-state index in [0.717, 1.165) is 0 Å². The van der Waals surface area contributed by atoms with Gasteiger partial charge in [0.15, 0.2) is 6.29 Å². The summed E-state index contributed by atoms with van der Waals surface area (Å²) in [4.78, 5) is 10.7. The number of hydrogen-bond acceptors (Lipinski definition) is 5. The van der Waals surface area contributed by atoms with Gasteiger partial charge in [-0.3, -0.25) is 4.79 Å². The van der Waals surface area contributed by atoms with Gasteiger partial charge in [-0.1, -0.05) is 11.6 Å². The fraction of sp³-hybridized carbons (Fsp3) is 0.154. The van der Waals surface area contributed by atoms with Crippen molar-refractivity contribution in [3.05, 3.63) is 40.8 Å². The summed E-state index contributed by atoms with van der Waals surface area (Å²) in [5.41, 5.74) is 0.718. The Balaban J connectivity index is 0.000000677. The Kier molecular flexibility index (Phi) is 6.77. The van der Waals surface area contributed by atoms with E-state index in [-0.39, 0.29) is 22.6 Å². The largest absolute Gasteiger partial charge is 0.435 e. The minimum absolute atomic E-state index is 0.0451.